The van der Waals surface area contributed by atoms with Gasteiger partial charge >= 0.3 is 0 Å². The van der Waals surface area contributed by atoms with E-state index >= 15 is 0 Å². The lowest BCUT2D eigenvalue weighted by Crippen LogP contribution is -2.15. The summed E-state index contributed by atoms with van der Waals surface area (Å²) in [4.78, 5) is 0. The van der Waals surface area contributed by atoms with Crippen molar-refractivity contribution in [3.8, 4) is 0 Å². The molecule has 1 aliphatic carbocycles. The normalized spacial score (nSPS) is 17.8. The lowest BCUT2D eigenvalue weighted by Gasteiger charge is -2.11. The molecule has 0 aliphatic heterocycles. The topological polar surface area (TPSA) is 50.9 Å². The molecular formula is C9H15N3O. The monoisotopic (exact) mass is 181 g/mol. The van der Waals surface area contributed by atoms with E-state index in [0.717, 1.165) is 12.5 Å². The number of rotatable bonds is 3. The molecule has 0 aromatic carbocycles. The van der Waals surface area contributed by atoms with E-state index in [1.165, 1.54) is 12.8 Å². The summed E-state index contributed by atoms with van der Waals surface area (Å²) in [5.74, 6) is 0.788. The van der Waals surface area contributed by atoms with Crippen LogP contribution in [0.5, 0.6) is 0 Å². The van der Waals surface area contributed by atoms with E-state index in [2.05, 4.69) is 10.3 Å². The maximum Gasteiger partial charge on any atom is 0.114 e. The number of hydrogen-bond acceptors (Lipinski definition) is 3. The Bertz CT molecular complexity index is 296. The Balaban J connectivity index is 2.08. The van der Waals surface area contributed by atoms with Crippen LogP contribution in [0.3, 0.4) is 0 Å². The van der Waals surface area contributed by atoms with E-state index in [9.17, 15) is 5.11 Å². The summed E-state index contributed by atoms with van der Waals surface area (Å²) >= 11 is 0. The van der Waals surface area contributed by atoms with Crippen LogP contribution in [0.1, 0.15) is 32.4 Å². The van der Waals surface area contributed by atoms with Crippen molar-refractivity contribution in [3.05, 3.63) is 11.9 Å². The van der Waals surface area contributed by atoms with E-state index in [4.69, 9.17) is 0 Å². The second kappa shape index (κ2) is 2.80. The fraction of sp³-hybridized carbons (Fsp3) is 0.778. The lowest BCUT2D eigenvalue weighted by atomic mass is 10.1. The van der Waals surface area contributed by atoms with Crippen molar-refractivity contribution in [1.82, 2.24) is 15.0 Å². The molecule has 13 heavy (non-hydrogen) atoms. The molecular weight excluding hydrogens is 166 g/mol. The number of nitrogens with zero attached hydrogens (tertiary/aromatic N) is 3. The second-order valence-electron chi connectivity index (χ2n) is 4.33. The molecule has 0 spiro atoms. The van der Waals surface area contributed by atoms with E-state index in [1.807, 2.05) is 10.9 Å². The van der Waals surface area contributed by atoms with Crippen LogP contribution in [0, 0.1) is 5.92 Å². The van der Waals surface area contributed by atoms with E-state index in [1.54, 1.807) is 13.8 Å². The summed E-state index contributed by atoms with van der Waals surface area (Å²) in [6, 6.07) is 0. The lowest BCUT2D eigenvalue weighted by molar-refractivity contribution is 0.0737. The quantitative estimate of drug-likeness (QED) is 0.754. The summed E-state index contributed by atoms with van der Waals surface area (Å²) < 4.78 is 1.82. The molecule has 1 aromatic heterocycles. The van der Waals surface area contributed by atoms with Crippen LogP contribution < -0.4 is 0 Å². The molecule has 0 radical (unpaired) electrons. The first-order chi connectivity index (χ1) is 6.05. The fourth-order valence-corrected chi connectivity index (χ4v) is 1.23. The minimum absolute atomic E-state index is 0.646. The first-order valence-corrected chi connectivity index (χ1v) is 4.69. The molecule has 1 aliphatic rings. The van der Waals surface area contributed by atoms with Gasteiger partial charge in [-0.3, -0.25) is 4.68 Å². The van der Waals surface area contributed by atoms with Crippen molar-refractivity contribution in [2.45, 2.75) is 38.8 Å². The van der Waals surface area contributed by atoms with Crippen molar-refractivity contribution in [2.75, 3.05) is 0 Å². The van der Waals surface area contributed by atoms with Crippen LogP contribution in [0.25, 0.3) is 0 Å². The average Bonchev–Trinajstić information content (AvgIpc) is 2.63. The molecule has 1 saturated carbocycles. The zero-order chi connectivity index (χ0) is 9.47. The van der Waals surface area contributed by atoms with Gasteiger partial charge in [-0.05, 0) is 32.6 Å². The first-order valence-electron chi connectivity index (χ1n) is 4.69. The van der Waals surface area contributed by atoms with Gasteiger partial charge in [0.25, 0.3) is 0 Å². The Morgan fingerprint density at radius 2 is 2.31 bits per heavy atom. The van der Waals surface area contributed by atoms with Gasteiger partial charge in [0.05, 0.1) is 6.20 Å². The highest BCUT2D eigenvalue weighted by Crippen LogP contribution is 2.30. The fourth-order valence-electron chi connectivity index (χ4n) is 1.23. The van der Waals surface area contributed by atoms with Gasteiger partial charge in [-0.15, -0.1) is 5.10 Å². The number of hydrogen-bond donors (Lipinski definition) is 1. The van der Waals surface area contributed by atoms with Crippen molar-refractivity contribution < 1.29 is 5.11 Å². The molecule has 0 amide bonds. The molecule has 2 rings (SSSR count). The van der Waals surface area contributed by atoms with E-state index in [-0.39, 0.29) is 0 Å². The SMILES string of the molecule is CC(C)(O)c1cn(CC2CC2)nn1. The van der Waals surface area contributed by atoms with Crippen LogP contribution in [0.2, 0.25) is 0 Å². The highest BCUT2D eigenvalue weighted by Gasteiger charge is 2.24. The minimum atomic E-state index is -0.873. The summed E-state index contributed by atoms with van der Waals surface area (Å²) in [6.45, 7) is 4.39. The Morgan fingerprint density at radius 3 is 2.77 bits per heavy atom. The molecule has 1 fully saturated rings. The van der Waals surface area contributed by atoms with Crippen LogP contribution in [0.4, 0.5) is 0 Å². The minimum Gasteiger partial charge on any atom is -0.384 e. The molecule has 0 atom stereocenters. The molecule has 0 bridgehead atoms. The molecule has 1 heterocycles. The van der Waals surface area contributed by atoms with Crippen molar-refractivity contribution in [1.29, 1.82) is 0 Å². The summed E-state index contributed by atoms with van der Waals surface area (Å²) in [5, 5.41) is 17.5. The summed E-state index contributed by atoms with van der Waals surface area (Å²) in [7, 11) is 0. The smallest absolute Gasteiger partial charge is 0.114 e. The van der Waals surface area contributed by atoms with Gasteiger partial charge in [0.15, 0.2) is 0 Å². The average molecular weight is 181 g/mol. The third-order valence-corrected chi connectivity index (χ3v) is 2.31. The van der Waals surface area contributed by atoms with Gasteiger partial charge in [0.1, 0.15) is 11.3 Å². The molecule has 1 aromatic rings. The van der Waals surface area contributed by atoms with Crippen molar-refractivity contribution >= 4 is 0 Å². The third-order valence-electron chi connectivity index (χ3n) is 2.31. The van der Waals surface area contributed by atoms with E-state index < -0.39 is 5.60 Å². The number of aromatic nitrogens is 3. The molecule has 0 saturated heterocycles. The molecule has 4 heteroatoms. The first kappa shape index (κ1) is 8.69. The van der Waals surface area contributed by atoms with Gasteiger partial charge in [-0.25, -0.2) is 0 Å². The molecule has 1 N–H and O–H groups in total. The largest absolute Gasteiger partial charge is 0.384 e. The van der Waals surface area contributed by atoms with Crippen LogP contribution in [-0.2, 0) is 12.1 Å². The number of aliphatic hydroxyl groups is 1. The van der Waals surface area contributed by atoms with Gasteiger partial charge in [0, 0.05) is 6.54 Å². The Labute approximate surface area is 77.6 Å². The highest BCUT2D eigenvalue weighted by molar-refractivity contribution is 5.02. The van der Waals surface area contributed by atoms with E-state index in [0.29, 0.717) is 5.69 Å². The van der Waals surface area contributed by atoms with Crippen LogP contribution in [-0.4, -0.2) is 20.1 Å². The molecule has 4 nitrogen and oxygen atoms in total. The summed E-state index contributed by atoms with van der Waals surface area (Å²) in [6.07, 6.45) is 4.44. The van der Waals surface area contributed by atoms with Gasteiger partial charge in [-0.2, -0.15) is 0 Å². The maximum absolute atomic E-state index is 9.64. The molecule has 72 valence electrons. The molecule has 0 unspecified atom stereocenters. The van der Waals surface area contributed by atoms with Crippen molar-refractivity contribution in [2.24, 2.45) is 5.92 Å². The van der Waals surface area contributed by atoms with Gasteiger partial charge in [-0.1, -0.05) is 5.21 Å². The Hall–Kier alpha value is -0.900. The van der Waals surface area contributed by atoms with Gasteiger partial charge < -0.3 is 5.11 Å². The zero-order valence-corrected chi connectivity index (χ0v) is 8.06. The third kappa shape index (κ3) is 2.06. The highest BCUT2D eigenvalue weighted by atomic mass is 16.3. The van der Waals surface area contributed by atoms with Gasteiger partial charge in [0.2, 0.25) is 0 Å². The Morgan fingerprint density at radius 1 is 1.62 bits per heavy atom. The standard InChI is InChI=1S/C9H15N3O/c1-9(2,13)8-6-12(11-10-8)5-7-3-4-7/h6-7,13H,3-5H2,1-2H3. The van der Waals surface area contributed by atoms with Crippen molar-refractivity contribution in [3.63, 3.8) is 0 Å². The predicted molar refractivity (Wildman–Crippen MR) is 48.0 cm³/mol. The second-order valence-corrected chi connectivity index (χ2v) is 4.33. The van der Waals surface area contributed by atoms with Crippen LogP contribution >= 0.6 is 0 Å². The summed E-state index contributed by atoms with van der Waals surface area (Å²) in [5.41, 5.74) is -0.227. The maximum atomic E-state index is 9.64. The zero-order valence-electron chi connectivity index (χ0n) is 8.06. The predicted octanol–water partition coefficient (Wildman–Crippen LogP) is 0.915. The van der Waals surface area contributed by atoms with Crippen LogP contribution in [0.15, 0.2) is 6.20 Å². The Kier molecular flexibility index (Phi) is 1.87.